The molecule has 14 nitrogen and oxygen atoms in total. The fraction of sp³-hybridized carbons (Fsp3) is 0.455. The first-order valence-corrected chi connectivity index (χ1v) is 12.0. The monoisotopic (exact) mass is 538 g/mol. The zero-order chi connectivity index (χ0) is 28.0. The molecule has 4 unspecified atom stereocenters. The minimum absolute atomic E-state index is 0.0322. The number of carboxylic acids is 1. The van der Waals surface area contributed by atoms with Gasteiger partial charge in [0.15, 0.2) is 5.96 Å². The Morgan fingerprint density at radius 2 is 1.46 bits per heavy atom. The van der Waals surface area contributed by atoms with Gasteiger partial charge in [0.2, 0.25) is 23.6 Å². The molecule has 4 atom stereocenters. The van der Waals surface area contributed by atoms with Crippen molar-refractivity contribution in [2.45, 2.75) is 49.9 Å². The Kier molecular flexibility index (Phi) is 13.5. The number of nitrogens with one attached hydrogen (secondary N) is 3. The number of rotatable bonds is 16. The number of benzene rings is 1. The molecule has 12 N–H and O–H groups in total. The summed E-state index contributed by atoms with van der Waals surface area (Å²) in [5, 5.41) is 16.6. The number of aliphatic imine (C=N–C) groups is 1. The SMILES string of the molecule is NC(=O)CC(NC(=O)C(CS)NC(=O)C(N)CCCN=C(N)N)C(=O)NC(Cc1ccccc1)C(=O)O. The topological polar surface area (TPSA) is 258 Å². The molecule has 0 heterocycles. The maximum atomic E-state index is 12.8. The van der Waals surface area contributed by atoms with Crippen LogP contribution in [0.3, 0.4) is 0 Å². The number of amides is 4. The Balaban J connectivity index is 2.82. The van der Waals surface area contributed by atoms with E-state index < -0.39 is 60.2 Å². The van der Waals surface area contributed by atoms with Gasteiger partial charge >= 0.3 is 5.97 Å². The van der Waals surface area contributed by atoms with E-state index in [0.29, 0.717) is 12.0 Å². The van der Waals surface area contributed by atoms with Gasteiger partial charge in [-0.1, -0.05) is 30.3 Å². The second-order valence-electron chi connectivity index (χ2n) is 8.12. The average molecular weight is 539 g/mol. The van der Waals surface area contributed by atoms with E-state index >= 15 is 0 Å². The molecule has 37 heavy (non-hydrogen) atoms. The maximum Gasteiger partial charge on any atom is 0.326 e. The van der Waals surface area contributed by atoms with E-state index in [1.807, 2.05) is 0 Å². The number of aliphatic carboxylic acids is 1. The Labute approximate surface area is 219 Å². The summed E-state index contributed by atoms with van der Waals surface area (Å²) in [7, 11) is 0. The molecule has 15 heteroatoms. The highest BCUT2D eigenvalue weighted by atomic mass is 32.1. The van der Waals surface area contributed by atoms with E-state index in [0.717, 1.165) is 0 Å². The molecule has 4 amide bonds. The van der Waals surface area contributed by atoms with Crippen molar-refractivity contribution in [1.82, 2.24) is 16.0 Å². The number of primary amides is 1. The molecular weight excluding hydrogens is 504 g/mol. The maximum absolute atomic E-state index is 12.8. The van der Waals surface area contributed by atoms with E-state index in [4.69, 9.17) is 22.9 Å². The van der Waals surface area contributed by atoms with Gasteiger partial charge in [0, 0.05) is 18.7 Å². The number of carbonyl (C=O) groups is 5. The molecular formula is C22H34N8O6S. The van der Waals surface area contributed by atoms with Crippen molar-refractivity contribution in [3.63, 3.8) is 0 Å². The minimum atomic E-state index is -1.49. The molecule has 0 aliphatic carbocycles. The third-order valence-electron chi connectivity index (χ3n) is 5.06. The lowest BCUT2D eigenvalue weighted by Gasteiger charge is -2.24. The van der Waals surface area contributed by atoms with Crippen molar-refractivity contribution >= 4 is 48.2 Å². The quantitative estimate of drug-likeness (QED) is 0.0447. The molecule has 0 radical (unpaired) electrons. The van der Waals surface area contributed by atoms with Crippen LogP contribution in [0.15, 0.2) is 35.3 Å². The first-order chi connectivity index (χ1) is 17.4. The van der Waals surface area contributed by atoms with Gasteiger partial charge in [0.25, 0.3) is 0 Å². The van der Waals surface area contributed by atoms with Gasteiger partial charge in [-0.05, 0) is 18.4 Å². The number of hydrogen-bond acceptors (Lipinski definition) is 8. The number of carboxylic acid groups (broad SMARTS) is 1. The summed E-state index contributed by atoms with van der Waals surface area (Å²) >= 11 is 4.06. The fourth-order valence-electron chi connectivity index (χ4n) is 3.13. The molecule has 0 aliphatic rings. The first-order valence-electron chi connectivity index (χ1n) is 11.3. The third kappa shape index (κ3) is 12.1. The van der Waals surface area contributed by atoms with E-state index in [2.05, 4.69) is 33.6 Å². The number of guanidine groups is 1. The summed E-state index contributed by atoms with van der Waals surface area (Å²) in [5.74, 6) is -4.89. The highest BCUT2D eigenvalue weighted by molar-refractivity contribution is 7.80. The van der Waals surface area contributed by atoms with Crippen LogP contribution in [0.5, 0.6) is 0 Å². The van der Waals surface area contributed by atoms with Crippen LogP contribution in [-0.2, 0) is 30.4 Å². The Bertz CT molecular complexity index is 973. The molecule has 0 saturated heterocycles. The van der Waals surface area contributed by atoms with Crippen LogP contribution < -0.4 is 38.9 Å². The third-order valence-corrected chi connectivity index (χ3v) is 5.42. The van der Waals surface area contributed by atoms with Crippen molar-refractivity contribution in [2.75, 3.05) is 12.3 Å². The summed E-state index contributed by atoms with van der Waals surface area (Å²) in [6.45, 7) is 0.269. The summed E-state index contributed by atoms with van der Waals surface area (Å²) in [5.41, 5.74) is 22.2. The number of hydrogen-bond donors (Lipinski definition) is 9. The largest absolute Gasteiger partial charge is 0.480 e. The van der Waals surface area contributed by atoms with E-state index in [1.54, 1.807) is 30.3 Å². The highest BCUT2D eigenvalue weighted by Crippen LogP contribution is 2.05. The van der Waals surface area contributed by atoms with Gasteiger partial charge in [-0.2, -0.15) is 12.6 Å². The van der Waals surface area contributed by atoms with Gasteiger partial charge in [0.1, 0.15) is 18.1 Å². The van der Waals surface area contributed by atoms with Gasteiger partial charge in [-0.3, -0.25) is 24.2 Å². The molecule has 0 fully saturated rings. The van der Waals surface area contributed by atoms with E-state index in [9.17, 15) is 29.1 Å². The molecule has 0 aromatic heterocycles. The molecule has 204 valence electrons. The summed E-state index contributed by atoms with van der Waals surface area (Å²) in [4.78, 5) is 65.0. The molecule has 0 bridgehead atoms. The van der Waals surface area contributed by atoms with Crippen molar-refractivity contribution in [1.29, 1.82) is 0 Å². The van der Waals surface area contributed by atoms with Gasteiger partial charge in [-0.25, -0.2) is 4.79 Å². The number of nitrogens with two attached hydrogens (primary N) is 4. The summed E-state index contributed by atoms with van der Waals surface area (Å²) in [6, 6.07) is 3.57. The van der Waals surface area contributed by atoms with Gasteiger partial charge < -0.3 is 44.0 Å². The smallest absolute Gasteiger partial charge is 0.326 e. The van der Waals surface area contributed by atoms with Crippen molar-refractivity contribution in [2.24, 2.45) is 27.9 Å². The zero-order valence-corrected chi connectivity index (χ0v) is 21.0. The lowest BCUT2D eigenvalue weighted by atomic mass is 10.0. The molecule has 0 spiro atoms. The second kappa shape index (κ2) is 16.0. The Hall–Kier alpha value is -3.85. The Morgan fingerprint density at radius 1 is 0.892 bits per heavy atom. The molecule has 1 rings (SSSR count). The van der Waals surface area contributed by atoms with Crippen LogP contribution in [-0.4, -0.2) is 77.1 Å². The summed E-state index contributed by atoms with van der Waals surface area (Å²) < 4.78 is 0. The standard InChI is InChI=1S/C22H34N8O6S/c23-13(7-4-8-27-22(25)26)18(32)30-16(11-37)20(34)28-14(10-17(24)31)19(33)29-15(21(35)36)9-12-5-2-1-3-6-12/h1-3,5-6,13-16,37H,4,7-11,23H2,(H2,24,31)(H,28,34)(H,29,33)(H,30,32)(H,35,36)(H4,25,26,27). The van der Waals surface area contributed by atoms with Crippen molar-refractivity contribution < 1.29 is 29.1 Å². The fourth-order valence-corrected chi connectivity index (χ4v) is 3.39. The number of carbonyl (C=O) groups excluding carboxylic acids is 4. The molecule has 1 aromatic rings. The lowest BCUT2D eigenvalue weighted by Crippen LogP contribution is -2.58. The molecule has 0 saturated carbocycles. The predicted molar refractivity (Wildman–Crippen MR) is 139 cm³/mol. The zero-order valence-electron chi connectivity index (χ0n) is 20.1. The van der Waals surface area contributed by atoms with E-state index in [1.165, 1.54) is 0 Å². The Morgan fingerprint density at radius 3 is 2.00 bits per heavy atom. The second-order valence-corrected chi connectivity index (χ2v) is 8.48. The number of nitrogens with zero attached hydrogens (tertiary/aromatic N) is 1. The van der Waals surface area contributed by atoms with Crippen molar-refractivity contribution in [3.05, 3.63) is 35.9 Å². The molecule has 0 aliphatic heterocycles. The molecule has 1 aromatic carbocycles. The van der Waals surface area contributed by atoms with Crippen LogP contribution in [0.4, 0.5) is 0 Å². The van der Waals surface area contributed by atoms with Gasteiger partial charge in [-0.15, -0.1) is 0 Å². The minimum Gasteiger partial charge on any atom is -0.480 e. The van der Waals surface area contributed by atoms with Crippen LogP contribution in [0.1, 0.15) is 24.8 Å². The van der Waals surface area contributed by atoms with Crippen LogP contribution in [0, 0.1) is 0 Å². The van der Waals surface area contributed by atoms with Crippen LogP contribution in [0.2, 0.25) is 0 Å². The van der Waals surface area contributed by atoms with E-state index in [-0.39, 0.29) is 31.1 Å². The first kappa shape index (κ1) is 31.2. The van der Waals surface area contributed by atoms with Crippen molar-refractivity contribution in [3.8, 4) is 0 Å². The predicted octanol–water partition coefficient (Wildman–Crippen LogP) is -3.05. The van der Waals surface area contributed by atoms with Crippen LogP contribution in [0.25, 0.3) is 0 Å². The number of thiol groups is 1. The van der Waals surface area contributed by atoms with Crippen LogP contribution >= 0.6 is 12.6 Å². The highest BCUT2D eigenvalue weighted by Gasteiger charge is 2.31. The average Bonchev–Trinajstić information content (AvgIpc) is 2.83. The lowest BCUT2D eigenvalue weighted by molar-refractivity contribution is -0.142. The normalized spacial score (nSPS) is 13.8. The summed E-state index contributed by atoms with van der Waals surface area (Å²) in [6.07, 6.45) is 0.00929. The van der Waals surface area contributed by atoms with Gasteiger partial charge in [0.05, 0.1) is 12.5 Å².